The maximum atomic E-state index is 11.6. The SMILES string of the molecule is Cc1ccccc1OCCN(C)C1CC(C)OC1=O. The van der Waals surface area contributed by atoms with Crippen molar-refractivity contribution in [3.8, 4) is 5.75 Å². The molecule has 4 nitrogen and oxygen atoms in total. The zero-order valence-electron chi connectivity index (χ0n) is 11.8. The van der Waals surface area contributed by atoms with Crippen LogP contribution in [0.15, 0.2) is 24.3 Å². The molecule has 1 aliphatic heterocycles. The van der Waals surface area contributed by atoms with Gasteiger partial charge in [-0.05, 0) is 32.5 Å². The highest BCUT2D eigenvalue weighted by Crippen LogP contribution is 2.19. The summed E-state index contributed by atoms with van der Waals surface area (Å²) in [5.41, 5.74) is 1.12. The molecule has 0 aromatic heterocycles. The van der Waals surface area contributed by atoms with Gasteiger partial charge in [0.15, 0.2) is 0 Å². The van der Waals surface area contributed by atoms with Gasteiger partial charge >= 0.3 is 5.97 Å². The number of aryl methyl sites for hydroxylation is 1. The first-order valence-corrected chi connectivity index (χ1v) is 6.67. The van der Waals surface area contributed by atoms with Gasteiger partial charge in [0, 0.05) is 13.0 Å². The van der Waals surface area contributed by atoms with E-state index in [1.807, 2.05) is 50.1 Å². The van der Waals surface area contributed by atoms with E-state index in [0.29, 0.717) is 13.2 Å². The zero-order chi connectivity index (χ0) is 13.8. The molecule has 1 aromatic rings. The first-order valence-electron chi connectivity index (χ1n) is 6.67. The van der Waals surface area contributed by atoms with E-state index in [0.717, 1.165) is 17.7 Å². The summed E-state index contributed by atoms with van der Waals surface area (Å²) in [5.74, 6) is 0.782. The van der Waals surface area contributed by atoms with Gasteiger partial charge in [-0.25, -0.2) is 0 Å². The molecule has 2 rings (SSSR count). The van der Waals surface area contributed by atoms with Gasteiger partial charge in [0.2, 0.25) is 0 Å². The highest BCUT2D eigenvalue weighted by atomic mass is 16.6. The number of cyclic esters (lactones) is 1. The summed E-state index contributed by atoms with van der Waals surface area (Å²) in [5, 5.41) is 0. The summed E-state index contributed by atoms with van der Waals surface area (Å²) in [6, 6.07) is 7.80. The van der Waals surface area contributed by atoms with E-state index in [9.17, 15) is 4.79 Å². The molecule has 0 bridgehead atoms. The van der Waals surface area contributed by atoms with Crippen molar-refractivity contribution in [2.24, 2.45) is 0 Å². The van der Waals surface area contributed by atoms with Crippen molar-refractivity contribution in [1.82, 2.24) is 4.90 Å². The summed E-state index contributed by atoms with van der Waals surface area (Å²) in [7, 11) is 1.94. The quantitative estimate of drug-likeness (QED) is 0.762. The van der Waals surface area contributed by atoms with Crippen LogP contribution in [0.5, 0.6) is 5.75 Å². The third-order valence-corrected chi connectivity index (χ3v) is 3.47. The topological polar surface area (TPSA) is 38.8 Å². The van der Waals surface area contributed by atoms with Crippen molar-refractivity contribution in [2.45, 2.75) is 32.4 Å². The average Bonchev–Trinajstić information content (AvgIpc) is 2.71. The van der Waals surface area contributed by atoms with Crippen molar-refractivity contribution in [3.63, 3.8) is 0 Å². The van der Waals surface area contributed by atoms with E-state index in [1.54, 1.807) is 0 Å². The van der Waals surface area contributed by atoms with Gasteiger partial charge in [-0.1, -0.05) is 18.2 Å². The Kier molecular flexibility index (Phi) is 4.43. The lowest BCUT2D eigenvalue weighted by molar-refractivity contribution is -0.144. The van der Waals surface area contributed by atoms with Gasteiger partial charge in [-0.15, -0.1) is 0 Å². The minimum atomic E-state index is -0.129. The Labute approximate surface area is 114 Å². The van der Waals surface area contributed by atoms with E-state index in [2.05, 4.69) is 0 Å². The fraction of sp³-hybridized carbons (Fsp3) is 0.533. The number of rotatable bonds is 5. The number of hydrogen-bond donors (Lipinski definition) is 0. The molecule has 1 heterocycles. The van der Waals surface area contributed by atoms with E-state index in [-0.39, 0.29) is 18.1 Å². The number of ether oxygens (including phenoxy) is 2. The number of benzene rings is 1. The molecule has 0 radical (unpaired) electrons. The van der Waals surface area contributed by atoms with Crippen LogP contribution in [0.1, 0.15) is 18.9 Å². The standard InChI is InChI=1S/C15H21NO3/c1-11-6-4-5-7-14(11)18-9-8-16(3)13-10-12(2)19-15(13)17/h4-7,12-13H,8-10H2,1-3H3. The third kappa shape index (κ3) is 3.47. The number of likely N-dealkylation sites (N-methyl/N-ethyl adjacent to an activating group) is 1. The minimum absolute atomic E-state index is 0.0252. The van der Waals surface area contributed by atoms with Crippen molar-refractivity contribution < 1.29 is 14.3 Å². The van der Waals surface area contributed by atoms with Gasteiger partial charge in [0.05, 0.1) is 0 Å². The predicted octanol–water partition coefficient (Wildman–Crippen LogP) is 2.01. The molecule has 0 aliphatic carbocycles. The minimum Gasteiger partial charge on any atom is -0.492 e. The first kappa shape index (κ1) is 13.9. The van der Waals surface area contributed by atoms with Crippen LogP contribution in [0.2, 0.25) is 0 Å². The van der Waals surface area contributed by atoms with Gasteiger partial charge in [-0.3, -0.25) is 9.69 Å². The number of hydrogen-bond acceptors (Lipinski definition) is 4. The lowest BCUT2D eigenvalue weighted by Crippen LogP contribution is -2.38. The molecule has 0 N–H and O–H groups in total. The molecule has 4 heteroatoms. The van der Waals surface area contributed by atoms with Crippen LogP contribution in [0.25, 0.3) is 0 Å². The van der Waals surface area contributed by atoms with Gasteiger partial charge in [0.25, 0.3) is 0 Å². The Hall–Kier alpha value is -1.55. The fourth-order valence-corrected chi connectivity index (χ4v) is 2.27. The number of carbonyl (C=O) groups excluding carboxylic acids is 1. The zero-order valence-corrected chi connectivity index (χ0v) is 11.8. The van der Waals surface area contributed by atoms with Crippen LogP contribution in [-0.4, -0.2) is 43.2 Å². The Morgan fingerprint density at radius 3 is 2.79 bits per heavy atom. The number of para-hydroxylation sites is 1. The molecule has 1 aliphatic rings. The fourth-order valence-electron chi connectivity index (χ4n) is 2.27. The summed E-state index contributed by atoms with van der Waals surface area (Å²) < 4.78 is 10.9. The number of esters is 1. The first-order chi connectivity index (χ1) is 9.08. The molecule has 1 saturated heterocycles. The van der Waals surface area contributed by atoms with Crippen LogP contribution in [0, 0.1) is 6.92 Å². The van der Waals surface area contributed by atoms with Crippen LogP contribution >= 0.6 is 0 Å². The second-order valence-corrected chi connectivity index (χ2v) is 5.09. The lowest BCUT2D eigenvalue weighted by Gasteiger charge is -2.21. The molecule has 2 unspecified atom stereocenters. The monoisotopic (exact) mass is 263 g/mol. The maximum Gasteiger partial charge on any atom is 0.323 e. The average molecular weight is 263 g/mol. The maximum absolute atomic E-state index is 11.6. The highest BCUT2D eigenvalue weighted by molar-refractivity contribution is 5.77. The van der Waals surface area contributed by atoms with Crippen LogP contribution in [0.3, 0.4) is 0 Å². The molecule has 1 aromatic carbocycles. The van der Waals surface area contributed by atoms with Crippen LogP contribution in [0.4, 0.5) is 0 Å². The molecule has 0 amide bonds. The lowest BCUT2D eigenvalue weighted by atomic mass is 10.1. The Morgan fingerprint density at radius 1 is 1.42 bits per heavy atom. The summed E-state index contributed by atoms with van der Waals surface area (Å²) in [4.78, 5) is 13.6. The Balaban J connectivity index is 1.80. The van der Waals surface area contributed by atoms with Crippen LogP contribution < -0.4 is 4.74 Å². The van der Waals surface area contributed by atoms with Crippen molar-refractivity contribution >= 4 is 5.97 Å². The molecule has 19 heavy (non-hydrogen) atoms. The Bertz CT molecular complexity index is 447. The molecular weight excluding hydrogens is 242 g/mol. The normalized spacial score (nSPS) is 22.6. The molecule has 2 atom stereocenters. The second-order valence-electron chi connectivity index (χ2n) is 5.09. The number of carbonyl (C=O) groups is 1. The van der Waals surface area contributed by atoms with Crippen molar-refractivity contribution in [2.75, 3.05) is 20.2 Å². The summed E-state index contributed by atoms with van der Waals surface area (Å²) >= 11 is 0. The van der Waals surface area contributed by atoms with Crippen molar-refractivity contribution in [1.29, 1.82) is 0 Å². The Morgan fingerprint density at radius 2 is 2.16 bits per heavy atom. The molecule has 0 saturated carbocycles. The largest absolute Gasteiger partial charge is 0.492 e. The summed E-state index contributed by atoms with van der Waals surface area (Å²) in [6.45, 7) is 5.23. The van der Waals surface area contributed by atoms with Crippen LogP contribution in [-0.2, 0) is 9.53 Å². The van der Waals surface area contributed by atoms with E-state index < -0.39 is 0 Å². The highest BCUT2D eigenvalue weighted by Gasteiger charge is 2.34. The van der Waals surface area contributed by atoms with E-state index in [1.165, 1.54) is 0 Å². The number of nitrogens with zero attached hydrogens (tertiary/aromatic N) is 1. The smallest absolute Gasteiger partial charge is 0.323 e. The molecule has 104 valence electrons. The third-order valence-electron chi connectivity index (χ3n) is 3.47. The second kappa shape index (κ2) is 6.06. The van der Waals surface area contributed by atoms with Gasteiger partial charge in [-0.2, -0.15) is 0 Å². The van der Waals surface area contributed by atoms with E-state index in [4.69, 9.17) is 9.47 Å². The van der Waals surface area contributed by atoms with Crippen molar-refractivity contribution in [3.05, 3.63) is 29.8 Å². The van der Waals surface area contributed by atoms with Gasteiger partial charge < -0.3 is 9.47 Å². The molecule has 0 spiro atoms. The molecule has 1 fully saturated rings. The van der Waals surface area contributed by atoms with Gasteiger partial charge in [0.1, 0.15) is 24.5 Å². The summed E-state index contributed by atoms with van der Waals surface area (Å²) in [6.07, 6.45) is 0.789. The molecular formula is C15H21NO3. The predicted molar refractivity (Wildman–Crippen MR) is 73.3 cm³/mol. The van der Waals surface area contributed by atoms with E-state index >= 15 is 0 Å².